The molecule has 2 amide bonds. The molecule has 0 unspecified atom stereocenters. The summed E-state index contributed by atoms with van der Waals surface area (Å²) in [7, 11) is 0. The minimum Gasteiger partial charge on any atom is -0.361 e. The van der Waals surface area contributed by atoms with Crippen LogP contribution in [-0.2, 0) is 11.2 Å². The minimum atomic E-state index is -0.300. The SMILES string of the molecule is O=C(Cc1c[nH]c2ccccc12)NCCCNC(=O)c1cc(-c2ccccc2)on1. The Bertz CT molecular complexity index is 1150. The van der Waals surface area contributed by atoms with Gasteiger partial charge < -0.3 is 20.1 Å². The van der Waals surface area contributed by atoms with E-state index in [-0.39, 0.29) is 17.5 Å². The Kier molecular flexibility index (Phi) is 5.89. The third-order valence-corrected chi connectivity index (χ3v) is 4.79. The van der Waals surface area contributed by atoms with E-state index in [2.05, 4.69) is 20.8 Å². The minimum absolute atomic E-state index is 0.0462. The van der Waals surface area contributed by atoms with Crippen LogP contribution in [-0.4, -0.2) is 35.0 Å². The number of hydrogen-bond donors (Lipinski definition) is 3. The number of nitrogens with one attached hydrogen (secondary N) is 3. The summed E-state index contributed by atoms with van der Waals surface area (Å²) in [6.45, 7) is 0.912. The highest BCUT2D eigenvalue weighted by Gasteiger charge is 2.13. The number of benzene rings is 2. The molecule has 0 bridgehead atoms. The molecule has 0 aliphatic heterocycles. The van der Waals surface area contributed by atoms with Crippen LogP contribution >= 0.6 is 0 Å². The van der Waals surface area contributed by atoms with Crippen molar-refractivity contribution >= 4 is 22.7 Å². The molecule has 0 saturated carbocycles. The van der Waals surface area contributed by atoms with Crippen molar-refractivity contribution in [3.63, 3.8) is 0 Å². The number of nitrogens with zero attached hydrogens (tertiary/aromatic N) is 1. The van der Waals surface area contributed by atoms with Gasteiger partial charge in [-0.05, 0) is 18.1 Å². The molecule has 30 heavy (non-hydrogen) atoms. The molecule has 2 aromatic carbocycles. The third-order valence-electron chi connectivity index (χ3n) is 4.79. The maximum atomic E-state index is 12.2. The monoisotopic (exact) mass is 402 g/mol. The van der Waals surface area contributed by atoms with E-state index >= 15 is 0 Å². The first kappa shape index (κ1) is 19.4. The molecule has 4 aromatic rings. The zero-order chi connectivity index (χ0) is 20.8. The number of carbonyl (C=O) groups excluding carboxylic acids is 2. The third kappa shape index (κ3) is 4.57. The predicted octanol–water partition coefficient (Wildman–Crippen LogP) is 3.30. The van der Waals surface area contributed by atoms with Crippen LogP contribution in [0.2, 0.25) is 0 Å². The summed E-state index contributed by atoms with van der Waals surface area (Å²) in [5.74, 6) is 0.200. The van der Waals surface area contributed by atoms with Gasteiger partial charge >= 0.3 is 0 Å². The van der Waals surface area contributed by atoms with Gasteiger partial charge in [-0.2, -0.15) is 0 Å². The van der Waals surface area contributed by atoms with E-state index in [9.17, 15) is 9.59 Å². The van der Waals surface area contributed by atoms with Crippen molar-refractivity contribution in [2.45, 2.75) is 12.8 Å². The Morgan fingerprint density at radius 3 is 2.60 bits per heavy atom. The van der Waals surface area contributed by atoms with Crippen LogP contribution in [0.1, 0.15) is 22.5 Å². The molecule has 0 radical (unpaired) electrons. The quantitative estimate of drug-likeness (QED) is 0.394. The standard InChI is InChI=1S/C23H22N4O3/c28-22(13-17-15-26-19-10-5-4-9-18(17)19)24-11-6-12-25-23(29)20-14-21(30-27-20)16-7-2-1-3-8-16/h1-5,7-10,14-15,26H,6,11-13H2,(H,24,28)(H,25,29). The highest BCUT2D eigenvalue weighted by Crippen LogP contribution is 2.20. The van der Waals surface area contributed by atoms with Gasteiger partial charge in [0, 0.05) is 41.8 Å². The number of aromatic amines is 1. The molecule has 0 spiro atoms. The van der Waals surface area contributed by atoms with E-state index in [1.807, 2.05) is 60.8 Å². The normalized spacial score (nSPS) is 10.8. The Morgan fingerprint density at radius 1 is 0.967 bits per heavy atom. The highest BCUT2D eigenvalue weighted by molar-refractivity contribution is 5.93. The summed E-state index contributed by atoms with van der Waals surface area (Å²) in [5.41, 5.74) is 3.09. The molecule has 0 fully saturated rings. The topological polar surface area (TPSA) is 100 Å². The lowest BCUT2D eigenvalue weighted by Crippen LogP contribution is -2.30. The van der Waals surface area contributed by atoms with Crippen LogP contribution in [0.4, 0.5) is 0 Å². The lowest BCUT2D eigenvalue weighted by Gasteiger charge is -2.06. The van der Waals surface area contributed by atoms with E-state index < -0.39 is 0 Å². The fraction of sp³-hybridized carbons (Fsp3) is 0.174. The molecule has 2 heterocycles. The Labute approximate surface area is 173 Å². The smallest absolute Gasteiger partial charge is 0.273 e. The van der Waals surface area contributed by atoms with Crippen molar-refractivity contribution in [1.29, 1.82) is 0 Å². The lowest BCUT2D eigenvalue weighted by atomic mass is 10.1. The Balaban J connectivity index is 1.18. The molecule has 2 aromatic heterocycles. The molecular weight excluding hydrogens is 380 g/mol. The number of H-pyrrole nitrogens is 1. The van der Waals surface area contributed by atoms with Crippen LogP contribution in [0.25, 0.3) is 22.2 Å². The van der Waals surface area contributed by atoms with Crippen LogP contribution in [0.5, 0.6) is 0 Å². The summed E-state index contributed by atoms with van der Waals surface area (Å²) < 4.78 is 5.24. The lowest BCUT2D eigenvalue weighted by molar-refractivity contribution is -0.120. The van der Waals surface area contributed by atoms with E-state index in [0.717, 1.165) is 22.0 Å². The van der Waals surface area contributed by atoms with Gasteiger partial charge in [-0.25, -0.2) is 0 Å². The largest absolute Gasteiger partial charge is 0.361 e. The maximum Gasteiger partial charge on any atom is 0.273 e. The first-order valence-electron chi connectivity index (χ1n) is 9.83. The summed E-state index contributed by atoms with van der Waals surface area (Å²) in [5, 5.41) is 10.6. The van der Waals surface area contributed by atoms with Crippen LogP contribution in [0.3, 0.4) is 0 Å². The number of rotatable bonds is 8. The van der Waals surface area contributed by atoms with Crippen molar-refractivity contribution in [3.8, 4) is 11.3 Å². The fourth-order valence-corrected chi connectivity index (χ4v) is 3.24. The number of amides is 2. The van der Waals surface area contributed by atoms with Gasteiger partial charge in [0.1, 0.15) is 0 Å². The number of para-hydroxylation sites is 1. The molecule has 0 aliphatic carbocycles. The van der Waals surface area contributed by atoms with Crippen molar-refractivity contribution < 1.29 is 14.1 Å². The van der Waals surface area contributed by atoms with Crippen molar-refractivity contribution in [1.82, 2.24) is 20.8 Å². The average Bonchev–Trinajstić information content (AvgIpc) is 3.42. The summed E-state index contributed by atoms with van der Waals surface area (Å²) in [6.07, 6.45) is 2.80. The molecule has 0 aliphatic rings. The molecule has 4 rings (SSSR count). The fourth-order valence-electron chi connectivity index (χ4n) is 3.24. The predicted molar refractivity (Wildman–Crippen MR) is 114 cm³/mol. The summed E-state index contributed by atoms with van der Waals surface area (Å²) in [6, 6.07) is 19.0. The summed E-state index contributed by atoms with van der Waals surface area (Å²) >= 11 is 0. The Hall–Kier alpha value is -3.87. The second kappa shape index (κ2) is 9.09. The second-order valence-corrected chi connectivity index (χ2v) is 6.94. The summed E-state index contributed by atoms with van der Waals surface area (Å²) in [4.78, 5) is 27.5. The molecule has 7 heteroatoms. The zero-order valence-electron chi connectivity index (χ0n) is 16.4. The highest BCUT2D eigenvalue weighted by atomic mass is 16.5. The van der Waals surface area contributed by atoms with Crippen molar-refractivity contribution in [2.24, 2.45) is 0 Å². The zero-order valence-corrected chi connectivity index (χ0v) is 16.4. The van der Waals surface area contributed by atoms with E-state index in [0.29, 0.717) is 31.7 Å². The molecule has 0 atom stereocenters. The van der Waals surface area contributed by atoms with Gasteiger partial charge in [-0.15, -0.1) is 0 Å². The van der Waals surface area contributed by atoms with Gasteiger partial charge in [-0.1, -0.05) is 53.7 Å². The second-order valence-electron chi connectivity index (χ2n) is 6.94. The van der Waals surface area contributed by atoms with E-state index in [1.54, 1.807) is 6.07 Å². The number of aromatic nitrogens is 2. The van der Waals surface area contributed by atoms with Gasteiger partial charge in [-0.3, -0.25) is 9.59 Å². The molecule has 3 N–H and O–H groups in total. The molecular formula is C23H22N4O3. The van der Waals surface area contributed by atoms with Gasteiger partial charge in [0.15, 0.2) is 11.5 Å². The van der Waals surface area contributed by atoms with Gasteiger partial charge in [0.05, 0.1) is 6.42 Å². The molecule has 152 valence electrons. The van der Waals surface area contributed by atoms with Crippen LogP contribution in [0.15, 0.2) is 71.4 Å². The average molecular weight is 402 g/mol. The number of hydrogen-bond acceptors (Lipinski definition) is 4. The van der Waals surface area contributed by atoms with Crippen molar-refractivity contribution in [3.05, 3.63) is 78.1 Å². The maximum absolute atomic E-state index is 12.2. The van der Waals surface area contributed by atoms with Gasteiger partial charge in [0.2, 0.25) is 5.91 Å². The number of carbonyl (C=O) groups is 2. The number of fused-ring (bicyclic) bond motifs is 1. The van der Waals surface area contributed by atoms with Crippen LogP contribution in [0, 0.1) is 0 Å². The van der Waals surface area contributed by atoms with Gasteiger partial charge in [0.25, 0.3) is 5.91 Å². The molecule has 0 saturated heterocycles. The Morgan fingerprint density at radius 2 is 1.73 bits per heavy atom. The van der Waals surface area contributed by atoms with Crippen molar-refractivity contribution in [2.75, 3.05) is 13.1 Å². The molecule has 7 nitrogen and oxygen atoms in total. The first-order valence-corrected chi connectivity index (χ1v) is 9.83. The van der Waals surface area contributed by atoms with E-state index in [4.69, 9.17) is 4.52 Å². The van der Waals surface area contributed by atoms with Crippen LogP contribution < -0.4 is 10.6 Å². The first-order chi connectivity index (χ1) is 14.7. The van der Waals surface area contributed by atoms with E-state index in [1.165, 1.54) is 0 Å².